The molecule has 1 aliphatic heterocycles. The van der Waals surface area contributed by atoms with Crippen LogP contribution in [0.15, 0.2) is 30.3 Å². The van der Waals surface area contributed by atoms with Crippen LogP contribution in [0.1, 0.15) is 18.4 Å². The Morgan fingerprint density at radius 2 is 1.94 bits per heavy atom. The van der Waals surface area contributed by atoms with Crippen LogP contribution in [0.4, 0.5) is 0 Å². The Bertz CT molecular complexity index is 539. The average molecular weight is 267 g/mol. The molecule has 1 N–H and O–H groups in total. The Morgan fingerprint density at radius 3 is 2.44 bits per heavy atom. The number of nitrogens with one attached hydrogen (secondary N) is 1. The molecular formula is C13H17NO3S. The van der Waals surface area contributed by atoms with Gasteiger partial charge in [0.1, 0.15) is 9.84 Å². The Hall–Kier alpha value is -1.36. The fourth-order valence-electron chi connectivity index (χ4n) is 2.45. The second kappa shape index (κ2) is 4.72. The van der Waals surface area contributed by atoms with E-state index in [-0.39, 0.29) is 11.7 Å². The van der Waals surface area contributed by atoms with Gasteiger partial charge in [0.25, 0.3) is 0 Å². The zero-order valence-corrected chi connectivity index (χ0v) is 11.2. The lowest BCUT2D eigenvalue weighted by molar-refractivity contribution is -0.124. The zero-order valence-electron chi connectivity index (χ0n) is 10.3. The SMILES string of the molecule is CS(=O)(=O)CCC1(c2ccccc2)CCNC1=O. The van der Waals surface area contributed by atoms with Gasteiger partial charge >= 0.3 is 0 Å². The van der Waals surface area contributed by atoms with Gasteiger partial charge in [0, 0.05) is 12.8 Å². The Kier molecular flexibility index (Phi) is 3.43. The molecule has 5 heteroatoms. The van der Waals surface area contributed by atoms with Gasteiger partial charge in [-0.1, -0.05) is 30.3 Å². The molecule has 1 aromatic carbocycles. The van der Waals surface area contributed by atoms with Crippen molar-refractivity contribution in [1.82, 2.24) is 5.32 Å². The molecule has 98 valence electrons. The van der Waals surface area contributed by atoms with E-state index in [2.05, 4.69) is 5.32 Å². The molecule has 1 fully saturated rings. The highest BCUT2D eigenvalue weighted by Gasteiger charge is 2.43. The number of amides is 1. The minimum Gasteiger partial charge on any atom is -0.355 e. The smallest absolute Gasteiger partial charge is 0.230 e. The molecule has 1 saturated heterocycles. The quantitative estimate of drug-likeness (QED) is 0.881. The second-order valence-electron chi connectivity index (χ2n) is 4.83. The number of carbonyl (C=O) groups is 1. The first-order valence-corrected chi connectivity index (χ1v) is 8.02. The molecule has 1 atom stereocenters. The van der Waals surface area contributed by atoms with Gasteiger partial charge in [-0.3, -0.25) is 4.79 Å². The van der Waals surface area contributed by atoms with E-state index in [1.54, 1.807) is 0 Å². The standard InChI is InChI=1S/C13H17NO3S/c1-18(16,17)10-8-13(7-9-14-12(13)15)11-5-3-2-4-6-11/h2-6H,7-10H2,1H3,(H,14,15). The summed E-state index contributed by atoms with van der Waals surface area (Å²) >= 11 is 0. The van der Waals surface area contributed by atoms with Gasteiger partial charge in [-0.2, -0.15) is 0 Å². The van der Waals surface area contributed by atoms with Crippen molar-refractivity contribution in [3.05, 3.63) is 35.9 Å². The maximum absolute atomic E-state index is 12.1. The van der Waals surface area contributed by atoms with Gasteiger partial charge < -0.3 is 5.32 Å². The third kappa shape index (κ3) is 2.56. The van der Waals surface area contributed by atoms with Crippen molar-refractivity contribution in [3.63, 3.8) is 0 Å². The van der Waals surface area contributed by atoms with Crippen LogP contribution in [0.2, 0.25) is 0 Å². The maximum atomic E-state index is 12.1. The lowest BCUT2D eigenvalue weighted by Gasteiger charge is -2.26. The minimum atomic E-state index is -3.06. The summed E-state index contributed by atoms with van der Waals surface area (Å²) < 4.78 is 22.7. The summed E-state index contributed by atoms with van der Waals surface area (Å²) in [5.74, 6) is -0.0210. The third-order valence-electron chi connectivity index (χ3n) is 3.50. The summed E-state index contributed by atoms with van der Waals surface area (Å²) in [6, 6.07) is 9.44. The van der Waals surface area contributed by atoms with E-state index in [9.17, 15) is 13.2 Å². The fraction of sp³-hybridized carbons (Fsp3) is 0.462. The van der Waals surface area contributed by atoms with E-state index in [0.29, 0.717) is 19.4 Å². The fourth-order valence-corrected chi connectivity index (χ4v) is 3.17. The number of benzene rings is 1. The topological polar surface area (TPSA) is 63.2 Å². The molecule has 1 aliphatic rings. The summed E-state index contributed by atoms with van der Waals surface area (Å²) in [6.45, 7) is 0.609. The molecule has 1 amide bonds. The van der Waals surface area contributed by atoms with Crippen molar-refractivity contribution < 1.29 is 13.2 Å². The lowest BCUT2D eigenvalue weighted by atomic mass is 9.77. The molecular weight excluding hydrogens is 250 g/mol. The summed E-state index contributed by atoms with van der Waals surface area (Å²) in [5.41, 5.74) is 0.230. The van der Waals surface area contributed by atoms with E-state index in [4.69, 9.17) is 0 Å². The van der Waals surface area contributed by atoms with Crippen molar-refractivity contribution in [2.24, 2.45) is 0 Å². The lowest BCUT2D eigenvalue weighted by Crippen LogP contribution is -2.37. The first-order valence-electron chi connectivity index (χ1n) is 5.96. The first-order chi connectivity index (χ1) is 8.44. The predicted octanol–water partition coefficient (Wildman–Crippen LogP) is 0.879. The van der Waals surface area contributed by atoms with Gasteiger partial charge in [0.15, 0.2) is 0 Å². The minimum absolute atomic E-state index is 0.0370. The van der Waals surface area contributed by atoms with Gasteiger partial charge in [-0.05, 0) is 18.4 Å². The van der Waals surface area contributed by atoms with E-state index >= 15 is 0 Å². The summed E-state index contributed by atoms with van der Waals surface area (Å²) in [5, 5.41) is 2.81. The van der Waals surface area contributed by atoms with Crippen LogP contribution >= 0.6 is 0 Å². The summed E-state index contributed by atoms with van der Waals surface area (Å²) in [6.07, 6.45) is 2.21. The van der Waals surface area contributed by atoms with Crippen molar-refractivity contribution in [2.45, 2.75) is 18.3 Å². The van der Waals surface area contributed by atoms with Crippen LogP contribution < -0.4 is 5.32 Å². The third-order valence-corrected chi connectivity index (χ3v) is 4.44. The molecule has 0 aromatic heterocycles. The van der Waals surface area contributed by atoms with Crippen LogP contribution in [-0.2, 0) is 20.0 Å². The number of sulfone groups is 1. The second-order valence-corrected chi connectivity index (χ2v) is 7.09. The molecule has 0 aliphatic carbocycles. The molecule has 4 nitrogen and oxygen atoms in total. The molecule has 0 saturated carbocycles. The van der Waals surface area contributed by atoms with Crippen molar-refractivity contribution in [3.8, 4) is 0 Å². The van der Waals surface area contributed by atoms with E-state index < -0.39 is 15.3 Å². The van der Waals surface area contributed by atoms with Gasteiger partial charge in [0.05, 0.1) is 11.2 Å². The molecule has 18 heavy (non-hydrogen) atoms. The monoisotopic (exact) mass is 267 g/mol. The molecule has 2 rings (SSSR count). The highest BCUT2D eigenvalue weighted by molar-refractivity contribution is 7.90. The highest BCUT2D eigenvalue weighted by atomic mass is 32.2. The van der Waals surface area contributed by atoms with Crippen LogP contribution in [0.25, 0.3) is 0 Å². The normalized spacial score (nSPS) is 23.9. The Labute approximate surface area is 107 Å². The maximum Gasteiger partial charge on any atom is 0.230 e. The molecule has 0 radical (unpaired) electrons. The number of hydrogen-bond acceptors (Lipinski definition) is 3. The average Bonchev–Trinajstić information content (AvgIpc) is 2.70. The summed E-state index contributed by atoms with van der Waals surface area (Å²) in [4.78, 5) is 12.1. The van der Waals surface area contributed by atoms with Crippen molar-refractivity contribution in [2.75, 3.05) is 18.6 Å². The highest BCUT2D eigenvalue weighted by Crippen LogP contribution is 2.35. The molecule has 0 bridgehead atoms. The zero-order chi connectivity index (χ0) is 13.2. The van der Waals surface area contributed by atoms with Crippen molar-refractivity contribution in [1.29, 1.82) is 0 Å². The van der Waals surface area contributed by atoms with Crippen LogP contribution in [0, 0.1) is 0 Å². The molecule has 1 aromatic rings. The Balaban J connectivity index is 2.33. The van der Waals surface area contributed by atoms with Gasteiger partial charge in [0.2, 0.25) is 5.91 Å². The van der Waals surface area contributed by atoms with E-state index in [1.807, 2.05) is 30.3 Å². The molecule has 1 heterocycles. The predicted molar refractivity (Wildman–Crippen MR) is 70.1 cm³/mol. The largest absolute Gasteiger partial charge is 0.355 e. The van der Waals surface area contributed by atoms with E-state index in [0.717, 1.165) is 5.56 Å². The number of carbonyl (C=O) groups excluding carboxylic acids is 1. The molecule has 1 unspecified atom stereocenters. The van der Waals surface area contributed by atoms with Crippen molar-refractivity contribution >= 4 is 15.7 Å². The number of rotatable bonds is 4. The first kappa shape index (κ1) is 13.1. The van der Waals surface area contributed by atoms with Crippen LogP contribution in [-0.4, -0.2) is 32.9 Å². The van der Waals surface area contributed by atoms with E-state index in [1.165, 1.54) is 6.26 Å². The summed E-state index contributed by atoms with van der Waals surface area (Å²) in [7, 11) is -3.06. The van der Waals surface area contributed by atoms with Crippen LogP contribution in [0.5, 0.6) is 0 Å². The van der Waals surface area contributed by atoms with Gasteiger partial charge in [-0.25, -0.2) is 8.42 Å². The van der Waals surface area contributed by atoms with Gasteiger partial charge in [-0.15, -0.1) is 0 Å². The number of hydrogen-bond donors (Lipinski definition) is 1. The van der Waals surface area contributed by atoms with Crippen LogP contribution in [0.3, 0.4) is 0 Å². The molecule has 0 spiro atoms. The Morgan fingerprint density at radius 1 is 1.28 bits per heavy atom.